The molecule has 0 N–H and O–H groups in total. The molecule has 5 rings (SSSR count). The predicted molar refractivity (Wildman–Crippen MR) is 109 cm³/mol. The molecule has 4 bridgehead atoms. The summed E-state index contributed by atoms with van der Waals surface area (Å²) in [4.78, 5) is 25.2. The fourth-order valence-corrected chi connectivity index (χ4v) is 6.90. The Morgan fingerprint density at radius 1 is 1.03 bits per heavy atom. The maximum atomic E-state index is 12.9. The Morgan fingerprint density at radius 2 is 1.62 bits per heavy atom. The molecular weight excluding hydrogens is 368 g/mol. The second-order valence-corrected chi connectivity index (χ2v) is 10.4. The fourth-order valence-electron chi connectivity index (χ4n) is 6.90. The van der Waals surface area contributed by atoms with Gasteiger partial charge in [0.2, 0.25) is 0 Å². The van der Waals surface area contributed by atoms with Crippen LogP contribution in [0.2, 0.25) is 0 Å². The van der Waals surface area contributed by atoms with E-state index in [1.165, 1.54) is 6.42 Å². The van der Waals surface area contributed by atoms with Gasteiger partial charge in [-0.2, -0.15) is 0 Å². The van der Waals surface area contributed by atoms with E-state index < -0.39 is 11.7 Å². The van der Waals surface area contributed by atoms with Crippen LogP contribution < -0.4 is 0 Å². The maximum Gasteiger partial charge on any atom is 0.335 e. The van der Waals surface area contributed by atoms with Crippen LogP contribution in [0.25, 0.3) is 0 Å². The summed E-state index contributed by atoms with van der Waals surface area (Å²) in [5, 5.41) is 0. The van der Waals surface area contributed by atoms with E-state index >= 15 is 0 Å². The minimum Gasteiger partial charge on any atom is -0.457 e. The molecule has 0 aromatic carbocycles. The van der Waals surface area contributed by atoms with Gasteiger partial charge in [-0.05, 0) is 89.9 Å². The molecule has 5 aliphatic rings. The van der Waals surface area contributed by atoms with Gasteiger partial charge in [-0.25, -0.2) is 9.59 Å². The van der Waals surface area contributed by atoms with Crippen molar-refractivity contribution in [1.82, 2.24) is 0 Å². The van der Waals surface area contributed by atoms with Crippen LogP contribution in [0.4, 0.5) is 0 Å². The molecule has 0 heterocycles. The van der Waals surface area contributed by atoms with Crippen LogP contribution in [0, 0.1) is 11.8 Å². The van der Waals surface area contributed by atoms with Gasteiger partial charge in [-0.15, -0.1) is 0 Å². The molecule has 29 heavy (non-hydrogen) atoms. The summed E-state index contributed by atoms with van der Waals surface area (Å²) in [5.41, 5.74) is -0.699. The lowest BCUT2D eigenvalue weighted by Crippen LogP contribution is -2.62. The summed E-state index contributed by atoms with van der Waals surface area (Å²) < 4.78 is 18.5. The fraction of sp³-hybridized carbons (Fsp3) is 0.833. The molecule has 0 amide bonds. The van der Waals surface area contributed by atoms with Crippen molar-refractivity contribution in [2.75, 3.05) is 0 Å². The Kier molecular flexibility index (Phi) is 5.33. The van der Waals surface area contributed by atoms with Gasteiger partial charge in [-0.3, -0.25) is 0 Å². The van der Waals surface area contributed by atoms with E-state index in [1.54, 1.807) is 6.92 Å². The molecule has 5 fully saturated rings. The lowest BCUT2D eigenvalue weighted by atomic mass is 9.52. The third-order valence-electron chi connectivity index (χ3n) is 7.85. The normalized spacial score (nSPS) is 37.9. The Morgan fingerprint density at radius 3 is 2.17 bits per heavy atom. The Hall–Kier alpha value is -1.36. The van der Waals surface area contributed by atoms with Crippen molar-refractivity contribution in [3.63, 3.8) is 0 Å². The molecule has 0 aromatic heterocycles. The average molecular weight is 405 g/mol. The van der Waals surface area contributed by atoms with E-state index in [-0.39, 0.29) is 23.1 Å². The monoisotopic (exact) mass is 404 g/mol. The van der Waals surface area contributed by atoms with Crippen LogP contribution in [0.15, 0.2) is 12.2 Å². The summed E-state index contributed by atoms with van der Waals surface area (Å²) in [6.07, 6.45) is 10.0. The summed E-state index contributed by atoms with van der Waals surface area (Å²) in [7, 11) is 0. The van der Waals surface area contributed by atoms with Gasteiger partial charge in [0.05, 0.1) is 5.60 Å². The van der Waals surface area contributed by atoms with Crippen LogP contribution >= 0.6 is 0 Å². The average Bonchev–Trinajstić information content (AvgIpc) is 3.08. The maximum absolute atomic E-state index is 12.9. The number of hydrogen-bond acceptors (Lipinski definition) is 5. The van der Waals surface area contributed by atoms with Crippen molar-refractivity contribution >= 4 is 11.9 Å². The van der Waals surface area contributed by atoms with Crippen LogP contribution in [0.1, 0.15) is 91.4 Å². The molecule has 5 nitrogen and oxygen atoms in total. The molecule has 162 valence electrons. The highest BCUT2D eigenvalue weighted by Gasteiger charge is 2.61. The van der Waals surface area contributed by atoms with E-state index in [9.17, 15) is 9.59 Å². The van der Waals surface area contributed by atoms with Crippen molar-refractivity contribution in [3.8, 4) is 0 Å². The minimum atomic E-state index is -0.593. The predicted octanol–water partition coefficient (Wildman–Crippen LogP) is 4.87. The summed E-state index contributed by atoms with van der Waals surface area (Å²) in [5.74, 6) is 0.446. The van der Waals surface area contributed by atoms with Gasteiger partial charge >= 0.3 is 11.9 Å². The highest BCUT2D eigenvalue weighted by molar-refractivity contribution is 5.87. The first-order valence-electron chi connectivity index (χ1n) is 11.5. The van der Waals surface area contributed by atoms with Gasteiger partial charge in [0.15, 0.2) is 6.10 Å². The Bertz CT molecular complexity index is 675. The molecule has 5 saturated carbocycles. The minimum absolute atomic E-state index is 0.238. The van der Waals surface area contributed by atoms with Crippen molar-refractivity contribution in [1.29, 1.82) is 0 Å². The van der Waals surface area contributed by atoms with E-state index in [0.717, 1.165) is 57.8 Å². The Balaban J connectivity index is 1.46. The van der Waals surface area contributed by atoms with Crippen molar-refractivity contribution < 1.29 is 23.8 Å². The number of carbonyl (C=O) groups excluding carboxylic acids is 2. The van der Waals surface area contributed by atoms with Crippen LogP contribution in [0.3, 0.4) is 0 Å². The molecule has 0 spiro atoms. The van der Waals surface area contributed by atoms with Gasteiger partial charge in [0, 0.05) is 12.0 Å². The first-order valence-corrected chi connectivity index (χ1v) is 11.5. The topological polar surface area (TPSA) is 61.8 Å². The quantitative estimate of drug-likeness (QED) is 0.447. The van der Waals surface area contributed by atoms with Crippen molar-refractivity contribution in [3.05, 3.63) is 12.2 Å². The van der Waals surface area contributed by atoms with E-state index in [4.69, 9.17) is 14.2 Å². The largest absolute Gasteiger partial charge is 0.457 e. The number of carbonyl (C=O) groups is 2. The number of hydrogen-bond donors (Lipinski definition) is 0. The number of esters is 2. The van der Waals surface area contributed by atoms with Gasteiger partial charge in [0.1, 0.15) is 11.2 Å². The summed E-state index contributed by atoms with van der Waals surface area (Å²) in [6, 6.07) is 0. The zero-order valence-corrected chi connectivity index (χ0v) is 18.3. The lowest BCUT2D eigenvalue weighted by molar-refractivity contribution is -0.246. The second-order valence-electron chi connectivity index (χ2n) is 10.4. The molecule has 0 aromatic rings. The highest BCUT2D eigenvalue weighted by Crippen LogP contribution is 2.60. The van der Waals surface area contributed by atoms with Crippen LogP contribution in [-0.2, 0) is 23.8 Å². The lowest BCUT2D eigenvalue weighted by Gasteiger charge is -2.61. The zero-order valence-electron chi connectivity index (χ0n) is 18.3. The summed E-state index contributed by atoms with van der Waals surface area (Å²) in [6.45, 7) is 9.36. The highest BCUT2D eigenvalue weighted by atomic mass is 16.6. The van der Waals surface area contributed by atoms with E-state index in [2.05, 4.69) is 13.5 Å². The molecular formula is C24H36O5. The molecule has 3 unspecified atom stereocenters. The third kappa shape index (κ3) is 3.99. The van der Waals surface area contributed by atoms with Gasteiger partial charge in [0.25, 0.3) is 0 Å². The first kappa shape index (κ1) is 20.9. The second kappa shape index (κ2) is 7.40. The molecule has 0 aliphatic heterocycles. The molecule has 0 saturated heterocycles. The third-order valence-corrected chi connectivity index (χ3v) is 7.85. The summed E-state index contributed by atoms with van der Waals surface area (Å²) >= 11 is 0. The van der Waals surface area contributed by atoms with Gasteiger partial charge < -0.3 is 14.2 Å². The van der Waals surface area contributed by atoms with E-state index in [0.29, 0.717) is 23.8 Å². The molecule has 0 radical (unpaired) electrons. The Labute approximate surface area is 174 Å². The SMILES string of the molecule is C=C(C)C(=O)OC12CC3CC(C1)CC(OC(C)C(=O)OC1(CC)CCCC1)(C3)C2. The van der Waals surface area contributed by atoms with E-state index in [1.807, 2.05) is 6.92 Å². The molecule has 3 atom stereocenters. The van der Waals surface area contributed by atoms with Crippen LogP contribution in [-0.4, -0.2) is 34.8 Å². The number of ether oxygens (including phenoxy) is 3. The van der Waals surface area contributed by atoms with Gasteiger partial charge in [-0.1, -0.05) is 13.5 Å². The van der Waals surface area contributed by atoms with Crippen LogP contribution in [0.5, 0.6) is 0 Å². The molecule has 5 aliphatic carbocycles. The zero-order chi connectivity index (χ0) is 20.9. The first-order chi connectivity index (χ1) is 13.7. The number of rotatable bonds is 7. The van der Waals surface area contributed by atoms with Crippen molar-refractivity contribution in [2.45, 2.75) is 114 Å². The molecule has 5 heteroatoms. The standard InChI is InChI=1S/C24H36O5/c1-5-22(8-6-7-9-22)29-21(26)17(4)27-23-11-18-10-19(12-23)14-24(13-18,15-23)28-20(25)16(2)3/h17-19H,2,5-15H2,1,3-4H3. The van der Waals surface area contributed by atoms with Crippen molar-refractivity contribution in [2.24, 2.45) is 11.8 Å². The smallest absolute Gasteiger partial charge is 0.335 e.